The van der Waals surface area contributed by atoms with Crippen molar-refractivity contribution in [2.45, 2.75) is 33.4 Å². The van der Waals surface area contributed by atoms with Gasteiger partial charge in [-0.05, 0) is 69.3 Å². The van der Waals surface area contributed by atoms with Crippen molar-refractivity contribution in [3.8, 4) is 5.75 Å². The van der Waals surface area contributed by atoms with Crippen molar-refractivity contribution in [1.82, 2.24) is 0 Å². The second-order valence-corrected chi connectivity index (χ2v) is 6.50. The van der Waals surface area contributed by atoms with E-state index in [1.165, 1.54) is 0 Å². The summed E-state index contributed by atoms with van der Waals surface area (Å²) in [4.78, 5) is 14.9. The normalized spacial score (nSPS) is 10.8. The number of ether oxygens (including phenoxy) is 1. The Balaban J connectivity index is 1.87. The van der Waals surface area contributed by atoms with Crippen LogP contribution < -0.4 is 9.64 Å². The predicted molar refractivity (Wildman–Crippen MR) is 103 cm³/mol. The van der Waals surface area contributed by atoms with E-state index >= 15 is 0 Å². The van der Waals surface area contributed by atoms with Gasteiger partial charge < -0.3 is 14.1 Å². The molecule has 0 spiro atoms. The molecular formula is C22H23NO3. The number of anilines is 1. The van der Waals surface area contributed by atoms with E-state index in [0.717, 1.165) is 22.8 Å². The van der Waals surface area contributed by atoms with Crippen molar-refractivity contribution < 1.29 is 13.9 Å². The molecule has 0 aliphatic rings. The maximum absolute atomic E-state index is 13.1. The molecule has 1 aromatic heterocycles. The van der Waals surface area contributed by atoms with Crippen LogP contribution >= 0.6 is 0 Å². The highest BCUT2D eigenvalue weighted by atomic mass is 16.5. The fourth-order valence-electron chi connectivity index (χ4n) is 2.67. The quantitative estimate of drug-likeness (QED) is 0.612. The SMILES string of the molecule is Cc1ccc(N(Cc2ccco2)C(=O)c2ccc(OC(C)C)cc2)cc1. The van der Waals surface area contributed by atoms with Crippen molar-refractivity contribution in [1.29, 1.82) is 0 Å². The summed E-state index contributed by atoms with van der Waals surface area (Å²) in [6.45, 7) is 6.35. The number of nitrogens with zero attached hydrogens (tertiary/aromatic N) is 1. The third-order valence-electron chi connectivity index (χ3n) is 3.96. The number of amides is 1. The third-order valence-corrected chi connectivity index (χ3v) is 3.96. The van der Waals surface area contributed by atoms with E-state index in [4.69, 9.17) is 9.15 Å². The number of benzene rings is 2. The lowest BCUT2D eigenvalue weighted by Crippen LogP contribution is -2.30. The van der Waals surface area contributed by atoms with Crippen LogP contribution in [-0.4, -0.2) is 12.0 Å². The molecule has 0 unspecified atom stereocenters. The molecule has 1 amide bonds. The number of rotatable bonds is 6. The third kappa shape index (κ3) is 4.33. The fourth-order valence-corrected chi connectivity index (χ4v) is 2.67. The molecule has 4 nitrogen and oxygen atoms in total. The summed E-state index contributed by atoms with van der Waals surface area (Å²) in [5.41, 5.74) is 2.59. The van der Waals surface area contributed by atoms with Crippen LogP contribution in [0.3, 0.4) is 0 Å². The first kappa shape index (κ1) is 17.8. The van der Waals surface area contributed by atoms with E-state index in [-0.39, 0.29) is 12.0 Å². The standard InChI is InChI=1S/C22H23NO3/c1-16(2)26-20-12-8-18(9-13-20)22(24)23(15-21-5-4-14-25-21)19-10-6-17(3)7-11-19/h4-14,16H,15H2,1-3H3. The Morgan fingerprint density at radius 2 is 1.73 bits per heavy atom. The average Bonchev–Trinajstić information content (AvgIpc) is 3.13. The zero-order valence-corrected chi connectivity index (χ0v) is 15.3. The van der Waals surface area contributed by atoms with Crippen molar-refractivity contribution in [2.75, 3.05) is 4.90 Å². The summed E-state index contributed by atoms with van der Waals surface area (Å²) in [7, 11) is 0. The molecular weight excluding hydrogens is 326 g/mol. The molecule has 134 valence electrons. The van der Waals surface area contributed by atoms with Gasteiger partial charge in [0, 0.05) is 11.3 Å². The van der Waals surface area contributed by atoms with Crippen LogP contribution in [0.5, 0.6) is 5.75 Å². The van der Waals surface area contributed by atoms with Gasteiger partial charge in [0.25, 0.3) is 5.91 Å². The topological polar surface area (TPSA) is 42.7 Å². The first-order valence-corrected chi connectivity index (χ1v) is 8.70. The maximum atomic E-state index is 13.1. The zero-order chi connectivity index (χ0) is 18.5. The van der Waals surface area contributed by atoms with Gasteiger partial charge in [-0.1, -0.05) is 17.7 Å². The largest absolute Gasteiger partial charge is 0.491 e. The molecule has 4 heteroatoms. The monoisotopic (exact) mass is 349 g/mol. The van der Waals surface area contributed by atoms with Crippen LogP contribution in [0.25, 0.3) is 0 Å². The van der Waals surface area contributed by atoms with Crippen molar-refractivity contribution >= 4 is 11.6 Å². The fraction of sp³-hybridized carbons (Fsp3) is 0.227. The molecule has 0 radical (unpaired) electrons. The molecule has 0 atom stereocenters. The molecule has 0 N–H and O–H groups in total. The number of hydrogen-bond donors (Lipinski definition) is 0. The van der Waals surface area contributed by atoms with Gasteiger partial charge in [-0.3, -0.25) is 4.79 Å². The Morgan fingerprint density at radius 3 is 2.31 bits per heavy atom. The van der Waals surface area contributed by atoms with Gasteiger partial charge in [0.15, 0.2) is 0 Å². The minimum atomic E-state index is -0.0821. The Kier molecular flexibility index (Phi) is 5.42. The number of carbonyl (C=O) groups excluding carboxylic acids is 1. The van der Waals surface area contributed by atoms with Gasteiger partial charge in [0.2, 0.25) is 0 Å². The van der Waals surface area contributed by atoms with E-state index in [9.17, 15) is 4.79 Å². The van der Waals surface area contributed by atoms with E-state index < -0.39 is 0 Å². The molecule has 0 bridgehead atoms. The van der Waals surface area contributed by atoms with E-state index in [0.29, 0.717) is 12.1 Å². The van der Waals surface area contributed by atoms with Crippen LogP contribution in [0.1, 0.15) is 35.5 Å². The second kappa shape index (κ2) is 7.91. The van der Waals surface area contributed by atoms with Gasteiger partial charge in [0.1, 0.15) is 11.5 Å². The van der Waals surface area contributed by atoms with E-state index in [1.807, 2.05) is 69.3 Å². The summed E-state index contributed by atoms with van der Waals surface area (Å²) in [5.74, 6) is 1.41. The molecule has 0 aliphatic carbocycles. The number of furan rings is 1. The lowest BCUT2D eigenvalue weighted by molar-refractivity contribution is 0.0983. The van der Waals surface area contributed by atoms with E-state index in [2.05, 4.69) is 0 Å². The summed E-state index contributed by atoms with van der Waals surface area (Å²) in [6, 6.07) is 18.8. The highest BCUT2D eigenvalue weighted by Crippen LogP contribution is 2.22. The Hall–Kier alpha value is -3.01. The highest BCUT2D eigenvalue weighted by Gasteiger charge is 2.19. The lowest BCUT2D eigenvalue weighted by Gasteiger charge is -2.22. The molecule has 1 heterocycles. The number of hydrogen-bond acceptors (Lipinski definition) is 3. The predicted octanol–water partition coefficient (Wildman–Crippen LogP) is 5.22. The Labute approximate surface area is 154 Å². The molecule has 3 aromatic rings. The average molecular weight is 349 g/mol. The summed E-state index contributed by atoms with van der Waals surface area (Å²) in [5, 5.41) is 0. The van der Waals surface area contributed by atoms with Crippen LogP contribution in [0.15, 0.2) is 71.3 Å². The van der Waals surface area contributed by atoms with Gasteiger partial charge in [0.05, 0.1) is 18.9 Å². The van der Waals surface area contributed by atoms with Gasteiger partial charge in [-0.2, -0.15) is 0 Å². The number of aryl methyl sites for hydroxylation is 1. The Morgan fingerprint density at radius 1 is 1.04 bits per heavy atom. The summed E-state index contributed by atoms with van der Waals surface area (Å²) < 4.78 is 11.1. The molecule has 0 fully saturated rings. The molecule has 0 aliphatic heterocycles. The van der Waals surface area contributed by atoms with Crippen molar-refractivity contribution in [3.63, 3.8) is 0 Å². The first-order chi connectivity index (χ1) is 12.5. The van der Waals surface area contributed by atoms with Gasteiger partial charge in [-0.25, -0.2) is 0 Å². The zero-order valence-electron chi connectivity index (χ0n) is 15.3. The smallest absolute Gasteiger partial charge is 0.258 e. The van der Waals surface area contributed by atoms with Gasteiger partial charge in [-0.15, -0.1) is 0 Å². The second-order valence-electron chi connectivity index (χ2n) is 6.50. The number of carbonyl (C=O) groups is 1. The minimum Gasteiger partial charge on any atom is -0.491 e. The maximum Gasteiger partial charge on any atom is 0.258 e. The molecule has 0 saturated carbocycles. The molecule has 2 aromatic carbocycles. The van der Waals surface area contributed by atoms with Crippen LogP contribution in [0, 0.1) is 6.92 Å². The van der Waals surface area contributed by atoms with Crippen molar-refractivity contribution in [3.05, 3.63) is 83.8 Å². The summed E-state index contributed by atoms with van der Waals surface area (Å²) in [6.07, 6.45) is 1.71. The first-order valence-electron chi connectivity index (χ1n) is 8.70. The van der Waals surface area contributed by atoms with E-state index in [1.54, 1.807) is 23.3 Å². The van der Waals surface area contributed by atoms with Gasteiger partial charge >= 0.3 is 0 Å². The lowest BCUT2D eigenvalue weighted by atomic mass is 10.1. The molecule has 0 saturated heterocycles. The molecule has 3 rings (SSSR count). The highest BCUT2D eigenvalue weighted by molar-refractivity contribution is 6.06. The van der Waals surface area contributed by atoms with Crippen LogP contribution in [0.4, 0.5) is 5.69 Å². The van der Waals surface area contributed by atoms with Crippen LogP contribution in [-0.2, 0) is 6.54 Å². The minimum absolute atomic E-state index is 0.0821. The molecule has 26 heavy (non-hydrogen) atoms. The van der Waals surface area contributed by atoms with Crippen LogP contribution in [0.2, 0.25) is 0 Å². The summed E-state index contributed by atoms with van der Waals surface area (Å²) >= 11 is 0. The van der Waals surface area contributed by atoms with Crippen molar-refractivity contribution in [2.24, 2.45) is 0 Å². The Bertz CT molecular complexity index is 834.